The van der Waals surface area contributed by atoms with Gasteiger partial charge in [0.15, 0.2) is 17.3 Å². The molecule has 0 aliphatic heterocycles. The van der Waals surface area contributed by atoms with Gasteiger partial charge >= 0.3 is 5.97 Å². The molecule has 2 bridgehead atoms. The number of fused-ring (bicyclic) bond motifs is 5. The second kappa shape index (κ2) is 6.96. The van der Waals surface area contributed by atoms with E-state index in [1.165, 1.54) is 12.4 Å². The largest absolute Gasteiger partial charge is 0.481 e. The molecule has 0 amide bonds. The lowest BCUT2D eigenvalue weighted by Crippen LogP contribution is -2.44. The maximum atomic E-state index is 15.1. The van der Waals surface area contributed by atoms with Crippen molar-refractivity contribution in [2.24, 2.45) is 17.8 Å². The van der Waals surface area contributed by atoms with Crippen LogP contribution in [0.4, 0.5) is 4.39 Å². The standard InChI is InChI=1S/C22H20ClFN6O2/c1-9-15-14(24)8-30(18-11-4-2-10(3-5-11)16(18)22(31)32)21(15)27-20(26-9)17-13-6-12(23)7-25-19(13)29-28-17/h6-8,10-11,16,18H,2-5H2,1H3,(H,31,32)(H,25,28,29)/t10?,11?,16-,18-/m1/s1. The van der Waals surface area contributed by atoms with Crippen molar-refractivity contribution in [1.82, 2.24) is 29.7 Å². The normalized spacial score (nSPS) is 25.1. The van der Waals surface area contributed by atoms with E-state index in [4.69, 9.17) is 16.6 Å². The molecule has 0 aromatic carbocycles. The first kappa shape index (κ1) is 19.6. The predicted molar refractivity (Wildman–Crippen MR) is 116 cm³/mol. The van der Waals surface area contributed by atoms with Gasteiger partial charge in [0.25, 0.3) is 0 Å². The van der Waals surface area contributed by atoms with Crippen molar-refractivity contribution >= 4 is 39.6 Å². The molecule has 0 saturated heterocycles. The van der Waals surface area contributed by atoms with Gasteiger partial charge in [-0.25, -0.2) is 19.3 Å². The number of nitrogens with zero attached hydrogens (tertiary/aromatic N) is 5. The summed E-state index contributed by atoms with van der Waals surface area (Å²) in [6.07, 6.45) is 6.64. The number of halogens is 2. The minimum Gasteiger partial charge on any atom is -0.481 e. The van der Waals surface area contributed by atoms with Crippen molar-refractivity contribution in [3.63, 3.8) is 0 Å². The number of carboxylic acids is 1. The molecule has 0 spiro atoms. The molecule has 32 heavy (non-hydrogen) atoms. The Morgan fingerprint density at radius 1 is 1.25 bits per heavy atom. The number of rotatable bonds is 3. The smallest absolute Gasteiger partial charge is 0.308 e. The van der Waals surface area contributed by atoms with E-state index >= 15 is 4.39 Å². The van der Waals surface area contributed by atoms with E-state index in [1.54, 1.807) is 17.6 Å². The SMILES string of the molecule is Cc1nc(-c2n[nH]c3ncc(Cl)cc23)nc2c1c(F)cn2[C@@H]1C2CCC(CC2)[C@H]1C(=O)O. The van der Waals surface area contributed by atoms with Gasteiger partial charge in [-0.3, -0.25) is 9.89 Å². The minimum absolute atomic E-state index is 0.105. The van der Waals surface area contributed by atoms with E-state index in [2.05, 4.69) is 20.2 Å². The monoisotopic (exact) mass is 454 g/mol. The van der Waals surface area contributed by atoms with Gasteiger partial charge in [-0.2, -0.15) is 5.10 Å². The van der Waals surface area contributed by atoms with Crippen LogP contribution < -0.4 is 0 Å². The van der Waals surface area contributed by atoms with Gasteiger partial charge < -0.3 is 9.67 Å². The Kier molecular flexibility index (Phi) is 4.27. The van der Waals surface area contributed by atoms with Crippen LogP contribution in [-0.2, 0) is 4.79 Å². The van der Waals surface area contributed by atoms with Crippen LogP contribution >= 0.6 is 11.6 Å². The lowest BCUT2D eigenvalue weighted by atomic mass is 9.61. The topological polar surface area (TPSA) is 110 Å². The summed E-state index contributed by atoms with van der Waals surface area (Å²) in [5.74, 6) is -1.20. The number of H-pyrrole nitrogens is 1. The van der Waals surface area contributed by atoms with Crippen molar-refractivity contribution in [3.8, 4) is 11.5 Å². The summed E-state index contributed by atoms with van der Waals surface area (Å²) >= 11 is 6.12. The number of aryl methyl sites for hydroxylation is 1. The zero-order valence-corrected chi connectivity index (χ0v) is 18.0. The van der Waals surface area contributed by atoms with E-state index in [9.17, 15) is 9.90 Å². The first-order valence-corrected chi connectivity index (χ1v) is 11.1. The third kappa shape index (κ3) is 2.76. The van der Waals surface area contributed by atoms with Crippen LogP contribution in [0.2, 0.25) is 5.02 Å². The van der Waals surface area contributed by atoms with Gasteiger partial charge in [0.1, 0.15) is 11.3 Å². The van der Waals surface area contributed by atoms with Gasteiger partial charge in [0, 0.05) is 12.4 Å². The fourth-order valence-corrected chi connectivity index (χ4v) is 5.98. The summed E-state index contributed by atoms with van der Waals surface area (Å²) in [5, 5.41) is 18.6. The first-order chi connectivity index (χ1) is 15.4. The molecule has 7 rings (SSSR count). The molecule has 10 heteroatoms. The number of hydrogen-bond acceptors (Lipinski definition) is 5. The third-order valence-corrected chi connectivity index (χ3v) is 7.39. The van der Waals surface area contributed by atoms with Crippen molar-refractivity contribution < 1.29 is 14.3 Å². The van der Waals surface area contributed by atoms with Crippen molar-refractivity contribution in [3.05, 3.63) is 35.0 Å². The summed E-state index contributed by atoms with van der Waals surface area (Å²) < 4.78 is 16.8. The number of nitrogens with one attached hydrogen (secondary N) is 1. The van der Waals surface area contributed by atoms with Gasteiger partial charge in [-0.15, -0.1) is 0 Å². The molecule has 8 nitrogen and oxygen atoms in total. The second-order valence-corrected chi connectivity index (χ2v) is 9.30. The highest BCUT2D eigenvalue weighted by Gasteiger charge is 2.48. The van der Waals surface area contributed by atoms with Crippen LogP contribution in [0.3, 0.4) is 0 Å². The maximum Gasteiger partial charge on any atom is 0.308 e. The molecule has 0 unspecified atom stereocenters. The summed E-state index contributed by atoms with van der Waals surface area (Å²) in [7, 11) is 0. The molecule has 3 fully saturated rings. The molecule has 2 N–H and O–H groups in total. The molecule has 4 heterocycles. The highest BCUT2D eigenvalue weighted by Crippen LogP contribution is 2.52. The van der Waals surface area contributed by atoms with Crippen molar-refractivity contribution in [1.29, 1.82) is 0 Å². The Bertz CT molecular complexity index is 1390. The molecule has 4 aromatic heterocycles. The lowest BCUT2D eigenvalue weighted by molar-refractivity contribution is -0.151. The Morgan fingerprint density at radius 2 is 2.00 bits per heavy atom. The van der Waals surface area contributed by atoms with Crippen molar-refractivity contribution in [2.75, 3.05) is 0 Å². The van der Waals surface area contributed by atoms with Crippen LogP contribution in [0.25, 0.3) is 33.6 Å². The summed E-state index contributed by atoms with van der Waals surface area (Å²) in [5.41, 5.74) is 1.89. The molecular formula is C22H20ClFN6O2. The number of hydrogen-bond donors (Lipinski definition) is 2. The molecule has 2 atom stereocenters. The van der Waals surface area contributed by atoms with Gasteiger partial charge in [0.2, 0.25) is 0 Å². The van der Waals surface area contributed by atoms with E-state index in [1.807, 2.05) is 0 Å². The quantitative estimate of drug-likeness (QED) is 0.470. The number of aliphatic carboxylic acids is 1. The zero-order chi connectivity index (χ0) is 22.1. The number of carboxylic acid groups (broad SMARTS) is 1. The Hall–Kier alpha value is -3.07. The van der Waals surface area contributed by atoms with Crippen LogP contribution in [-0.4, -0.2) is 40.8 Å². The Morgan fingerprint density at radius 3 is 2.75 bits per heavy atom. The maximum absolute atomic E-state index is 15.1. The highest BCUT2D eigenvalue weighted by molar-refractivity contribution is 6.31. The van der Waals surface area contributed by atoms with Gasteiger partial charge in [-0.1, -0.05) is 11.6 Å². The second-order valence-electron chi connectivity index (χ2n) is 8.87. The third-order valence-electron chi connectivity index (χ3n) is 7.18. The molecule has 3 aliphatic rings. The van der Waals surface area contributed by atoms with Gasteiger partial charge in [0.05, 0.1) is 33.4 Å². The number of pyridine rings is 1. The van der Waals surface area contributed by atoms with Crippen LogP contribution in [0.15, 0.2) is 18.5 Å². The average Bonchev–Trinajstić information content (AvgIpc) is 3.34. The summed E-state index contributed by atoms with van der Waals surface area (Å²) in [4.78, 5) is 25.6. The first-order valence-electron chi connectivity index (χ1n) is 10.7. The van der Waals surface area contributed by atoms with Gasteiger partial charge in [-0.05, 0) is 50.5 Å². The lowest BCUT2D eigenvalue weighted by Gasteiger charge is -2.47. The van der Waals surface area contributed by atoms with E-state index in [0.717, 1.165) is 25.7 Å². The fourth-order valence-electron chi connectivity index (χ4n) is 5.82. The number of aromatic amines is 1. The predicted octanol–water partition coefficient (Wildman–Crippen LogP) is 4.53. The molecular weight excluding hydrogens is 435 g/mol. The van der Waals surface area contributed by atoms with E-state index in [-0.39, 0.29) is 17.9 Å². The fraction of sp³-hybridized carbons (Fsp3) is 0.409. The summed E-state index contributed by atoms with van der Waals surface area (Å²) in [6.45, 7) is 1.72. The van der Waals surface area contributed by atoms with Crippen molar-refractivity contribution in [2.45, 2.75) is 38.6 Å². The van der Waals surface area contributed by atoms with Crippen LogP contribution in [0.1, 0.15) is 37.4 Å². The molecule has 164 valence electrons. The highest BCUT2D eigenvalue weighted by atomic mass is 35.5. The van der Waals surface area contributed by atoms with E-state index < -0.39 is 17.7 Å². The minimum atomic E-state index is -0.823. The zero-order valence-electron chi connectivity index (χ0n) is 17.2. The molecule has 0 radical (unpaired) electrons. The van der Waals surface area contributed by atoms with Crippen LogP contribution in [0, 0.1) is 30.5 Å². The number of aromatic nitrogens is 6. The average molecular weight is 455 g/mol. The van der Waals surface area contributed by atoms with Crippen LogP contribution in [0.5, 0.6) is 0 Å². The molecule has 4 aromatic rings. The molecule has 3 saturated carbocycles. The Labute approximate surface area is 186 Å². The number of carbonyl (C=O) groups is 1. The molecule has 3 aliphatic carbocycles. The Balaban J connectivity index is 1.57. The van der Waals surface area contributed by atoms with E-state index in [0.29, 0.717) is 44.3 Å². The summed E-state index contributed by atoms with van der Waals surface area (Å²) in [6, 6.07) is 1.40.